The fourth-order valence-corrected chi connectivity index (χ4v) is 2.13. The predicted molar refractivity (Wildman–Crippen MR) is 72.1 cm³/mol. The van der Waals surface area contributed by atoms with Crippen LogP contribution in [0.3, 0.4) is 0 Å². The van der Waals surface area contributed by atoms with Crippen molar-refractivity contribution < 1.29 is 0 Å². The van der Waals surface area contributed by atoms with E-state index in [-0.39, 0.29) is 0 Å². The summed E-state index contributed by atoms with van der Waals surface area (Å²) in [5.41, 5.74) is 0.941. The summed E-state index contributed by atoms with van der Waals surface area (Å²) in [6.07, 6.45) is 0. The Hall–Kier alpha value is -0.840. The number of rotatable bonds is 1. The molecule has 16 heavy (non-hydrogen) atoms. The normalized spacial score (nSPS) is 15.9. The first-order valence-electron chi connectivity index (χ1n) is 5.28. The maximum Gasteiger partial charge on any atom is 0.173 e. The third-order valence-electron chi connectivity index (χ3n) is 2.48. The van der Waals surface area contributed by atoms with Gasteiger partial charge in [0.2, 0.25) is 0 Å². The highest BCUT2D eigenvalue weighted by molar-refractivity contribution is 7.80. The van der Waals surface area contributed by atoms with Gasteiger partial charge in [-0.05, 0) is 30.4 Å². The van der Waals surface area contributed by atoms with Gasteiger partial charge in [0.25, 0.3) is 0 Å². The molecule has 1 fully saturated rings. The second kappa shape index (κ2) is 5.48. The largest absolute Gasteiger partial charge is 0.346 e. The van der Waals surface area contributed by atoms with E-state index in [0.29, 0.717) is 5.02 Å². The van der Waals surface area contributed by atoms with Crippen LogP contribution in [0.2, 0.25) is 5.02 Å². The first-order chi connectivity index (χ1) is 7.75. The Kier molecular flexibility index (Phi) is 3.98. The molecule has 0 aromatic heterocycles. The molecule has 2 N–H and O–H groups in total. The summed E-state index contributed by atoms with van der Waals surface area (Å²) >= 11 is 11.3. The highest BCUT2D eigenvalue weighted by Crippen LogP contribution is 2.15. The summed E-state index contributed by atoms with van der Waals surface area (Å²) in [6, 6.07) is 7.59. The molecule has 1 aromatic rings. The van der Waals surface area contributed by atoms with Crippen molar-refractivity contribution in [1.29, 1.82) is 0 Å². The molecule has 0 saturated carbocycles. The van der Waals surface area contributed by atoms with E-state index < -0.39 is 0 Å². The maximum absolute atomic E-state index is 5.91. The quantitative estimate of drug-likeness (QED) is 0.750. The molecule has 0 radical (unpaired) electrons. The van der Waals surface area contributed by atoms with E-state index in [1.165, 1.54) is 0 Å². The van der Waals surface area contributed by atoms with Gasteiger partial charge in [0.1, 0.15) is 0 Å². The van der Waals surface area contributed by atoms with Crippen molar-refractivity contribution in [3.63, 3.8) is 0 Å². The van der Waals surface area contributed by atoms with Gasteiger partial charge >= 0.3 is 0 Å². The Bertz CT molecular complexity index is 377. The van der Waals surface area contributed by atoms with Gasteiger partial charge in [0, 0.05) is 36.9 Å². The van der Waals surface area contributed by atoms with Gasteiger partial charge in [-0.15, -0.1) is 0 Å². The van der Waals surface area contributed by atoms with Gasteiger partial charge in [-0.2, -0.15) is 0 Å². The molecule has 0 bridgehead atoms. The lowest BCUT2D eigenvalue weighted by Gasteiger charge is -2.29. The number of nitrogens with zero attached hydrogens (tertiary/aromatic N) is 1. The molecular formula is C11H14ClN3S. The van der Waals surface area contributed by atoms with Crippen LogP contribution in [0.25, 0.3) is 0 Å². The molecule has 86 valence electrons. The van der Waals surface area contributed by atoms with Crippen LogP contribution in [-0.2, 0) is 0 Å². The molecular weight excluding hydrogens is 242 g/mol. The molecule has 0 aliphatic carbocycles. The summed E-state index contributed by atoms with van der Waals surface area (Å²) in [6.45, 7) is 3.87. The Morgan fingerprint density at radius 2 is 2.12 bits per heavy atom. The van der Waals surface area contributed by atoms with Crippen LogP contribution in [0.1, 0.15) is 0 Å². The van der Waals surface area contributed by atoms with Crippen molar-refractivity contribution >= 4 is 34.6 Å². The minimum absolute atomic E-state index is 0.716. The third-order valence-corrected chi connectivity index (χ3v) is 3.08. The van der Waals surface area contributed by atoms with Gasteiger partial charge in [0.15, 0.2) is 5.11 Å². The maximum atomic E-state index is 5.91. The van der Waals surface area contributed by atoms with Crippen LogP contribution in [0, 0.1) is 0 Å². The van der Waals surface area contributed by atoms with E-state index in [0.717, 1.165) is 37.0 Å². The minimum atomic E-state index is 0.716. The van der Waals surface area contributed by atoms with Gasteiger partial charge < -0.3 is 15.5 Å². The Morgan fingerprint density at radius 3 is 2.81 bits per heavy atom. The SMILES string of the molecule is S=C(Nc1cccc(Cl)c1)N1CCNCC1. The average molecular weight is 256 g/mol. The molecule has 1 aliphatic rings. The summed E-state index contributed by atoms with van der Waals surface area (Å²) in [7, 11) is 0. The molecule has 0 spiro atoms. The van der Waals surface area contributed by atoms with Crippen molar-refractivity contribution in [2.24, 2.45) is 0 Å². The lowest BCUT2D eigenvalue weighted by atomic mass is 10.3. The van der Waals surface area contributed by atoms with Crippen LogP contribution >= 0.6 is 23.8 Å². The molecule has 0 atom stereocenters. The average Bonchev–Trinajstić information content (AvgIpc) is 2.30. The van der Waals surface area contributed by atoms with Gasteiger partial charge in [-0.1, -0.05) is 17.7 Å². The van der Waals surface area contributed by atoms with Crippen LogP contribution in [0.4, 0.5) is 5.69 Å². The zero-order chi connectivity index (χ0) is 11.4. The highest BCUT2D eigenvalue weighted by atomic mass is 35.5. The Labute approximate surface area is 106 Å². The number of thiocarbonyl (C=S) groups is 1. The number of hydrogen-bond acceptors (Lipinski definition) is 2. The monoisotopic (exact) mass is 255 g/mol. The number of piperazine rings is 1. The van der Waals surface area contributed by atoms with Crippen molar-refractivity contribution in [1.82, 2.24) is 10.2 Å². The van der Waals surface area contributed by atoms with Crippen LogP contribution in [0.15, 0.2) is 24.3 Å². The molecule has 5 heteroatoms. The van der Waals surface area contributed by atoms with Crippen molar-refractivity contribution in [3.05, 3.63) is 29.3 Å². The van der Waals surface area contributed by atoms with Gasteiger partial charge in [-0.3, -0.25) is 0 Å². The van der Waals surface area contributed by atoms with E-state index in [4.69, 9.17) is 23.8 Å². The first-order valence-corrected chi connectivity index (χ1v) is 6.06. The molecule has 1 aromatic carbocycles. The van der Waals surface area contributed by atoms with Crippen LogP contribution in [-0.4, -0.2) is 36.2 Å². The van der Waals surface area contributed by atoms with E-state index in [2.05, 4.69) is 15.5 Å². The second-order valence-electron chi connectivity index (χ2n) is 3.68. The zero-order valence-corrected chi connectivity index (χ0v) is 10.4. The molecule has 2 rings (SSSR count). The van der Waals surface area contributed by atoms with Crippen molar-refractivity contribution in [2.45, 2.75) is 0 Å². The second-order valence-corrected chi connectivity index (χ2v) is 4.50. The Morgan fingerprint density at radius 1 is 1.38 bits per heavy atom. The molecule has 0 unspecified atom stereocenters. The molecule has 0 amide bonds. The standard InChI is InChI=1S/C11H14ClN3S/c12-9-2-1-3-10(8-9)14-11(16)15-6-4-13-5-7-15/h1-3,8,13H,4-7H2,(H,14,16). The van der Waals surface area contributed by atoms with Crippen molar-refractivity contribution in [3.8, 4) is 0 Å². The fraction of sp³-hybridized carbons (Fsp3) is 0.364. The molecule has 1 heterocycles. The number of halogens is 1. The lowest BCUT2D eigenvalue weighted by Crippen LogP contribution is -2.47. The zero-order valence-electron chi connectivity index (χ0n) is 8.87. The summed E-state index contributed by atoms with van der Waals surface area (Å²) in [4.78, 5) is 2.16. The predicted octanol–water partition coefficient (Wildman–Crippen LogP) is 1.94. The van der Waals surface area contributed by atoms with E-state index >= 15 is 0 Å². The molecule has 3 nitrogen and oxygen atoms in total. The third kappa shape index (κ3) is 3.07. The molecule has 1 saturated heterocycles. The summed E-state index contributed by atoms with van der Waals surface area (Å²) < 4.78 is 0. The van der Waals surface area contributed by atoms with Crippen LogP contribution in [0.5, 0.6) is 0 Å². The lowest BCUT2D eigenvalue weighted by molar-refractivity contribution is 0.362. The number of nitrogens with one attached hydrogen (secondary N) is 2. The van der Waals surface area contributed by atoms with Crippen LogP contribution < -0.4 is 10.6 Å². The van der Waals surface area contributed by atoms with E-state index in [1.54, 1.807) is 0 Å². The topological polar surface area (TPSA) is 27.3 Å². The number of anilines is 1. The van der Waals surface area contributed by atoms with E-state index in [9.17, 15) is 0 Å². The first kappa shape index (κ1) is 11.6. The Balaban J connectivity index is 1.96. The van der Waals surface area contributed by atoms with Gasteiger partial charge in [0.05, 0.1) is 0 Å². The van der Waals surface area contributed by atoms with Crippen molar-refractivity contribution in [2.75, 3.05) is 31.5 Å². The smallest absolute Gasteiger partial charge is 0.173 e. The summed E-state index contributed by atoms with van der Waals surface area (Å²) in [5, 5.41) is 7.97. The van der Waals surface area contributed by atoms with E-state index in [1.807, 2.05) is 24.3 Å². The highest BCUT2D eigenvalue weighted by Gasteiger charge is 2.12. The number of hydrogen-bond donors (Lipinski definition) is 2. The fourth-order valence-electron chi connectivity index (χ4n) is 1.64. The molecule has 1 aliphatic heterocycles. The van der Waals surface area contributed by atoms with Gasteiger partial charge in [-0.25, -0.2) is 0 Å². The summed E-state index contributed by atoms with van der Waals surface area (Å²) in [5.74, 6) is 0. The number of benzene rings is 1. The minimum Gasteiger partial charge on any atom is -0.346 e.